The van der Waals surface area contributed by atoms with Gasteiger partial charge in [-0.1, -0.05) is 42.0 Å². The van der Waals surface area contributed by atoms with Crippen molar-refractivity contribution in [1.82, 2.24) is 9.62 Å². The first-order chi connectivity index (χ1) is 13.0. The first kappa shape index (κ1) is 22.1. The number of aryl methyl sites for hydroxylation is 4. The SMILES string of the molecule is Cc1ccc(CN(CC(=O)NC(C)c2cc(C)c(C)cc2C)S(C)(=O)=O)cc1. The number of nitrogens with one attached hydrogen (secondary N) is 1. The minimum atomic E-state index is -3.52. The lowest BCUT2D eigenvalue weighted by Gasteiger charge is -2.22. The average molecular weight is 403 g/mol. The zero-order valence-electron chi connectivity index (χ0n) is 17.5. The van der Waals surface area contributed by atoms with E-state index in [0.717, 1.165) is 28.5 Å². The second-order valence-corrected chi connectivity index (χ2v) is 9.58. The standard InChI is InChI=1S/C22H30N2O3S/c1-15-7-9-20(10-8-15)13-24(28(6,26)27)14-22(25)23-19(5)21-12-17(3)16(2)11-18(21)4/h7-12,19H,13-14H2,1-6H3,(H,23,25). The summed E-state index contributed by atoms with van der Waals surface area (Å²) in [5.74, 6) is -0.317. The molecule has 0 aliphatic heterocycles. The largest absolute Gasteiger partial charge is 0.348 e. The Morgan fingerprint density at radius 1 is 1.00 bits per heavy atom. The summed E-state index contributed by atoms with van der Waals surface area (Å²) in [5, 5.41) is 2.94. The summed E-state index contributed by atoms with van der Waals surface area (Å²) in [7, 11) is -3.52. The topological polar surface area (TPSA) is 66.5 Å². The van der Waals surface area contributed by atoms with Crippen molar-refractivity contribution < 1.29 is 13.2 Å². The first-order valence-electron chi connectivity index (χ1n) is 9.35. The molecule has 1 atom stereocenters. The first-order valence-corrected chi connectivity index (χ1v) is 11.2. The number of carbonyl (C=O) groups excluding carboxylic acids is 1. The third-order valence-electron chi connectivity index (χ3n) is 4.99. The van der Waals surface area contributed by atoms with Crippen LogP contribution in [0.5, 0.6) is 0 Å². The molecule has 1 unspecified atom stereocenters. The molecular formula is C22H30N2O3S. The van der Waals surface area contributed by atoms with Crippen molar-refractivity contribution in [2.45, 2.75) is 47.2 Å². The molecule has 2 aromatic carbocycles. The molecule has 0 saturated carbocycles. The summed E-state index contributed by atoms with van der Waals surface area (Å²) in [6.45, 7) is 9.97. The molecule has 2 rings (SSSR count). The van der Waals surface area contributed by atoms with E-state index >= 15 is 0 Å². The second-order valence-electron chi connectivity index (χ2n) is 7.60. The molecule has 5 nitrogen and oxygen atoms in total. The van der Waals surface area contributed by atoms with Crippen LogP contribution in [0.25, 0.3) is 0 Å². The van der Waals surface area contributed by atoms with Crippen LogP contribution in [0.15, 0.2) is 36.4 Å². The molecule has 0 aliphatic rings. The van der Waals surface area contributed by atoms with Crippen LogP contribution in [-0.2, 0) is 21.4 Å². The van der Waals surface area contributed by atoms with Crippen LogP contribution in [0.3, 0.4) is 0 Å². The fourth-order valence-corrected chi connectivity index (χ4v) is 3.90. The van der Waals surface area contributed by atoms with E-state index in [2.05, 4.69) is 24.4 Å². The normalized spacial score (nSPS) is 12.8. The van der Waals surface area contributed by atoms with Crippen LogP contribution in [0, 0.1) is 27.7 Å². The van der Waals surface area contributed by atoms with Crippen molar-refractivity contribution in [2.75, 3.05) is 12.8 Å². The highest BCUT2D eigenvalue weighted by molar-refractivity contribution is 7.88. The number of amides is 1. The molecule has 6 heteroatoms. The van der Waals surface area contributed by atoms with Gasteiger partial charge in [-0.3, -0.25) is 4.79 Å². The Kier molecular flexibility index (Phi) is 7.01. The molecule has 152 valence electrons. The molecule has 0 aliphatic carbocycles. The Morgan fingerprint density at radius 2 is 1.57 bits per heavy atom. The predicted molar refractivity (Wildman–Crippen MR) is 114 cm³/mol. The molecule has 0 fully saturated rings. The zero-order valence-corrected chi connectivity index (χ0v) is 18.4. The maximum absolute atomic E-state index is 12.6. The quantitative estimate of drug-likeness (QED) is 0.770. The van der Waals surface area contributed by atoms with Crippen molar-refractivity contribution in [3.8, 4) is 0 Å². The van der Waals surface area contributed by atoms with E-state index in [-0.39, 0.29) is 25.0 Å². The minimum absolute atomic E-state index is 0.170. The third kappa shape index (κ3) is 5.91. The van der Waals surface area contributed by atoms with Gasteiger partial charge in [0.15, 0.2) is 0 Å². The number of nitrogens with zero attached hydrogens (tertiary/aromatic N) is 1. The molecule has 1 N–H and O–H groups in total. The number of hydrogen-bond acceptors (Lipinski definition) is 3. The lowest BCUT2D eigenvalue weighted by molar-refractivity contribution is -0.122. The fraction of sp³-hybridized carbons (Fsp3) is 0.409. The third-order valence-corrected chi connectivity index (χ3v) is 6.19. The lowest BCUT2D eigenvalue weighted by Crippen LogP contribution is -2.40. The predicted octanol–water partition coefficient (Wildman–Crippen LogP) is 3.56. The van der Waals surface area contributed by atoms with Gasteiger partial charge in [0.2, 0.25) is 15.9 Å². The highest BCUT2D eigenvalue weighted by Gasteiger charge is 2.22. The molecule has 2 aromatic rings. The van der Waals surface area contributed by atoms with E-state index in [1.807, 2.05) is 52.0 Å². The van der Waals surface area contributed by atoms with Crippen molar-refractivity contribution in [1.29, 1.82) is 0 Å². The molecule has 0 bridgehead atoms. The monoisotopic (exact) mass is 402 g/mol. The second kappa shape index (κ2) is 8.88. The Balaban J connectivity index is 2.11. The summed E-state index contributed by atoms with van der Waals surface area (Å²) in [5.41, 5.74) is 6.48. The number of carbonyl (C=O) groups is 1. The minimum Gasteiger partial charge on any atom is -0.348 e. The Hall–Kier alpha value is -2.18. The molecule has 1 amide bonds. The smallest absolute Gasteiger partial charge is 0.235 e. The van der Waals surface area contributed by atoms with Crippen LogP contribution < -0.4 is 5.32 Å². The summed E-state index contributed by atoms with van der Waals surface area (Å²) < 4.78 is 25.6. The van der Waals surface area contributed by atoms with Gasteiger partial charge in [-0.2, -0.15) is 4.31 Å². The maximum atomic E-state index is 12.6. The van der Waals surface area contributed by atoms with Crippen LogP contribution in [0.2, 0.25) is 0 Å². The van der Waals surface area contributed by atoms with Gasteiger partial charge in [0.25, 0.3) is 0 Å². The van der Waals surface area contributed by atoms with Crippen molar-refractivity contribution in [2.24, 2.45) is 0 Å². The van der Waals surface area contributed by atoms with Gasteiger partial charge in [0, 0.05) is 6.54 Å². The van der Waals surface area contributed by atoms with Crippen LogP contribution in [-0.4, -0.2) is 31.4 Å². The Bertz CT molecular complexity index is 950. The van der Waals surface area contributed by atoms with Crippen molar-refractivity contribution >= 4 is 15.9 Å². The Labute approximate surface area is 168 Å². The van der Waals surface area contributed by atoms with E-state index in [0.29, 0.717) is 0 Å². The molecule has 0 heterocycles. The lowest BCUT2D eigenvalue weighted by atomic mass is 9.96. The van der Waals surface area contributed by atoms with Crippen molar-refractivity contribution in [3.63, 3.8) is 0 Å². The summed E-state index contributed by atoms with van der Waals surface area (Å²) in [6.07, 6.45) is 1.13. The van der Waals surface area contributed by atoms with Gasteiger partial charge in [0.05, 0.1) is 18.8 Å². The summed E-state index contributed by atoms with van der Waals surface area (Å²) in [4.78, 5) is 12.6. The van der Waals surface area contributed by atoms with Gasteiger partial charge in [-0.15, -0.1) is 0 Å². The van der Waals surface area contributed by atoms with Crippen LogP contribution in [0.4, 0.5) is 0 Å². The van der Waals surface area contributed by atoms with E-state index in [1.54, 1.807) is 0 Å². The summed E-state index contributed by atoms with van der Waals surface area (Å²) in [6, 6.07) is 11.6. The van der Waals surface area contributed by atoms with Gasteiger partial charge in [-0.25, -0.2) is 8.42 Å². The number of rotatable bonds is 7. The maximum Gasteiger partial charge on any atom is 0.235 e. The van der Waals surface area contributed by atoms with Crippen molar-refractivity contribution in [3.05, 3.63) is 69.8 Å². The van der Waals surface area contributed by atoms with Gasteiger partial charge in [0.1, 0.15) is 0 Å². The van der Waals surface area contributed by atoms with Crippen LogP contribution >= 0.6 is 0 Å². The molecule has 0 spiro atoms. The molecule has 28 heavy (non-hydrogen) atoms. The fourth-order valence-electron chi connectivity index (χ4n) is 3.16. The number of hydrogen-bond donors (Lipinski definition) is 1. The van der Waals surface area contributed by atoms with E-state index in [9.17, 15) is 13.2 Å². The van der Waals surface area contributed by atoms with Gasteiger partial charge < -0.3 is 5.32 Å². The molecule has 0 saturated heterocycles. The summed E-state index contributed by atoms with van der Waals surface area (Å²) >= 11 is 0. The Morgan fingerprint density at radius 3 is 2.14 bits per heavy atom. The molecule has 0 radical (unpaired) electrons. The van der Waals surface area contributed by atoms with E-state index in [4.69, 9.17) is 0 Å². The average Bonchev–Trinajstić information content (AvgIpc) is 2.58. The van der Waals surface area contributed by atoms with Gasteiger partial charge >= 0.3 is 0 Å². The molecule has 0 aromatic heterocycles. The highest BCUT2D eigenvalue weighted by Crippen LogP contribution is 2.21. The number of benzene rings is 2. The highest BCUT2D eigenvalue weighted by atomic mass is 32.2. The van der Waals surface area contributed by atoms with Crippen LogP contribution in [0.1, 0.15) is 46.3 Å². The molecular weight excluding hydrogens is 372 g/mol. The number of sulfonamides is 1. The van der Waals surface area contributed by atoms with Gasteiger partial charge in [-0.05, 0) is 62.4 Å². The zero-order chi connectivity index (χ0) is 21.1. The van der Waals surface area contributed by atoms with E-state index < -0.39 is 10.0 Å². The van der Waals surface area contributed by atoms with E-state index in [1.165, 1.54) is 15.4 Å².